The van der Waals surface area contributed by atoms with Crippen molar-refractivity contribution in [3.05, 3.63) is 60.2 Å². The number of hydrogen-bond donors (Lipinski definition) is 2. The van der Waals surface area contributed by atoms with Crippen LogP contribution in [-0.2, 0) is 19.6 Å². The van der Waals surface area contributed by atoms with E-state index in [1.807, 2.05) is 6.07 Å². The fraction of sp³-hybridized carbons (Fsp3) is 0.318. The lowest BCUT2D eigenvalue weighted by atomic mass is 10.0. The molecule has 3 rings (SSSR count). The van der Waals surface area contributed by atoms with Gasteiger partial charge in [-0.15, -0.1) is 0 Å². The van der Waals surface area contributed by atoms with Crippen LogP contribution in [0, 0.1) is 0 Å². The monoisotopic (exact) mass is 443 g/mol. The summed E-state index contributed by atoms with van der Waals surface area (Å²) in [6, 6.07) is 13.6. The summed E-state index contributed by atoms with van der Waals surface area (Å²) in [5.74, 6) is -1.07. The molecule has 0 aliphatic carbocycles. The molecule has 0 bridgehead atoms. The van der Waals surface area contributed by atoms with Gasteiger partial charge in [-0.2, -0.15) is 4.31 Å². The van der Waals surface area contributed by atoms with Crippen molar-refractivity contribution in [2.24, 2.45) is 0 Å². The van der Waals surface area contributed by atoms with Gasteiger partial charge < -0.3 is 10.6 Å². The number of amides is 2. The zero-order chi connectivity index (χ0) is 22.4. The molecule has 1 fully saturated rings. The molecule has 2 aromatic carbocycles. The Hall–Kier alpha value is -3.04. The number of piperidine rings is 1. The molecule has 0 saturated carbocycles. The van der Waals surface area contributed by atoms with E-state index in [-0.39, 0.29) is 23.8 Å². The molecule has 164 valence electrons. The number of carbonyl (C=O) groups is 3. The van der Waals surface area contributed by atoms with Gasteiger partial charge in [-0.05, 0) is 44.0 Å². The van der Waals surface area contributed by atoms with Gasteiger partial charge >= 0.3 is 0 Å². The fourth-order valence-corrected chi connectivity index (χ4v) is 5.12. The first-order chi connectivity index (χ1) is 14.8. The standard InChI is InChI=1S/C22H25N3O5S/c1-16(26)17-10-12-19(13-11-17)31(29,30)25-14-6-5-9-20(25)22(28)23-15-21(27)24-18-7-3-2-4-8-18/h2-4,7-8,10-13,20H,5-6,9,14-15H2,1H3,(H,23,28)(H,24,27). The van der Waals surface area contributed by atoms with E-state index >= 15 is 0 Å². The molecule has 1 atom stereocenters. The van der Waals surface area contributed by atoms with E-state index in [0.717, 1.165) is 0 Å². The van der Waals surface area contributed by atoms with Crippen molar-refractivity contribution >= 4 is 33.3 Å². The third-order valence-electron chi connectivity index (χ3n) is 5.10. The van der Waals surface area contributed by atoms with E-state index in [1.165, 1.54) is 35.5 Å². The molecule has 1 heterocycles. The maximum Gasteiger partial charge on any atom is 0.243 e. The maximum atomic E-state index is 13.1. The summed E-state index contributed by atoms with van der Waals surface area (Å²) < 4.78 is 27.5. The number of nitrogens with one attached hydrogen (secondary N) is 2. The quantitative estimate of drug-likeness (QED) is 0.637. The smallest absolute Gasteiger partial charge is 0.243 e. The molecular formula is C22H25N3O5S. The second kappa shape index (κ2) is 9.84. The summed E-state index contributed by atoms with van der Waals surface area (Å²) in [4.78, 5) is 36.3. The lowest BCUT2D eigenvalue weighted by Gasteiger charge is -2.33. The molecule has 2 N–H and O–H groups in total. The number of sulfonamides is 1. The van der Waals surface area contributed by atoms with E-state index in [4.69, 9.17) is 0 Å². The number of Topliss-reactive ketones (excluding diaryl/α,β-unsaturated/α-hetero) is 1. The van der Waals surface area contributed by atoms with Crippen molar-refractivity contribution in [1.82, 2.24) is 9.62 Å². The Morgan fingerprint density at radius 2 is 1.68 bits per heavy atom. The number of anilines is 1. The molecule has 1 aliphatic heterocycles. The minimum atomic E-state index is -3.93. The Bertz CT molecular complexity index is 1050. The van der Waals surface area contributed by atoms with Gasteiger partial charge in [0.15, 0.2) is 5.78 Å². The fourth-order valence-electron chi connectivity index (χ4n) is 3.46. The van der Waals surface area contributed by atoms with Crippen molar-refractivity contribution in [3.8, 4) is 0 Å². The maximum absolute atomic E-state index is 13.1. The second-order valence-electron chi connectivity index (χ2n) is 7.34. The van der Waals surface area contributed by atoms with Crippen LogP contribution in [0.2, 0.25) is 0 Å². The molecule has 0 aromatic heterocycles. The molecular weight excluding hydrogens is 418 g/mol. The molecule has 31 heavy (non-hydrogen) atoms. The molecule has 1 saturated heterocycles. The zero-order valence-corrected chi connectivity index (χ0v) is 18.0. The first-order valence-corrected chi connectivity index (χ1v) is 11.5. The highest BCUT2D eigenvalue weighted by Crippen LogP contribution is 2.26. The summed E-state index contributed by atoms with van der Waals surface area (Å²) in [6.07, 6.45) is 1.73. The summed E-state index contributed by atoms with van der Waals surface area (Å²) in [6.45, 7) is 1.36. The Balaban J connectivity index is 1.68. The number of para-hydroxylation sites is 1. The molecule has 2 aromatic rings. The highest BCUT2D eigenvalue weighted by Gasteiger charge is 2.37. The molecule has 2 amide bonds. The molecule has 8 nitrogen and oxygen atoms in total. The summed E-state index contributed by atoms with van der Waals surface area (Å²) >= 11 is 0. The number of benzene rings is 2. The van der Waals surface area contributed by atoms with Gasteiger partial charge in [-0.25, -0.2) is 8.42 Å². The van der Waals surface area contributed by atoms with Gasteiger partial charge in [0.25, 0.3) is 0 Å². The van der Waals surface area contributed by atoms with E-state index in [2.05, 4.69) is 10.6 Å². The van der Waals surface area contributed by atoms with Crippen molar-refractivity contribution in [1.29, 1.82) is 0 Å². The normalized spacial score (nSPS) is 17.0. The number of hydrogen-bond acceptors (Lipinski definition) is 5. The summed E-state index contributed by atoms with van der Waals surface area (Å²) in [5.41, 5.74) is 1.02. The number of ketones is 1. The van der Waals surface area contributed by atoms with Crippen LogP contribution in [0.1, 0.15) is 36.5 Å². The van der Waals surface area contributed by atoms with Crippen LogP contribution < -0.4 is 10.6 Å². The van der Waals surface area contributed by atoms with E-state index in [0.29, 0.717) is 30.5 Å². The molecule has 0 spiro atoms. The van der Waals surface area contributed by atoms with Crippen LogP contribution in [0.15, 0.2) is 59.5 Å². The van der Waals surface area contributed by atoms with Crippen LogP contribution in [0.5, 0.6) is 0 Å². The SMILES string of the molecule is CC(=O)c1ccc(S(=O)(=O)N2CCCCC2C(=O)NCC(=O)Nc2ccccc2)cc1. The predicted octanol–water partition coefficient (Wildman–Crippen LogP) is 2.19. The average Bonchev–Trinajstić information content (AvgIpc) is 2.78. The minimum absolute atomic E-state index is 0.0269. The van der Waals surface area contributed by atoms with Gasteiger partial charge in [0.1, 0.15) is 6.04 Å². The van der Waals surface area contributed by atoms with Crippen LogP contribution in [0.25, 0.3) is 0 Å². The van der Waals surface area contributed by atoms with E-state index < -0.39 is 27.9 Å². The third-order valence-corrected chi connectivity index (χ3v) is 7.03. The van der Waals surface area contributed by atoms with Crippen molar-refractivity contribution in [2.45, 2.75) is 37.1 Å². The van der Waals surface area contributed by atoms with Crippen LogP contribution in [0.3, 0.4) is 0 Å². The molecule has 0 radical (unpaired) electrons. The molecule has 1 unspecified atom stereocenters. The topological polar surface area (TPSA) is 113 Å². The largest absolute Gasteiger partial charge is 0.346 e. The highest BCUT2D eigenvalue weighted by atomic mass is 32.2. The average molecular weight is 444 g/mol. The van der Waals surface area contributed by atoms with Crippen LogP contribution in [-0.4, -0.2) is 49.5 Å². The van der Waals surface area contributed by atoms with Gasteiger partial charge in [-0.3, -0.25) is 14.4 Å². The predicted molar refractivity (Wildman–Crippen MR) is 116 cm³/mol. The van der Waals surface area contributed by atoms with Crippen molar-refractivity contribution < 1.29 is 22.8 Å². The molecule has 1 aliphatic rings. The number of rotatable bonds is 7. The highest BCUT2D eigenvalue weighted by molar-refractivity contribution is 7.89. The summed E-state index contributed by atoms with van der Waals surface area (Å²) in [5, 5.41) is 5.22. The van der Waals surface area contributed by atoms with Crippen molar-refractivity contribution in [3.63, 3.8) is 0 Å². The Morgan fingerprint density at radius 3 is 2.32 bits per heavy atom. The Morgan fingerprint density at radius 1 is 1.00 bits per heavy atom. The van der Waals surface area contributed by atoms with Crippen LogP contribution >= 0.6 is 0 Å². The van der Waals surface area contributed by atoms with Crippen molar-refractivity contribution in [2.75, 3.05) is 18.4 Å². The lowest BCUT2D eigenvalue weighted by Crippen LogP contribution is -2.52. The van der Waals surface area contributed by atoms with Gasteiger partial charge in [0.05, 0.1) is 11.4 Å². The first kappa shape index (κ1) is 22.6. The Labute approximate surface area is 181 Å². The first-order valence-electron chi connectivity index (χ1n) is 10.0. The molecule has 9 heteroatoms. The summed E-state index contributed by atoms with van der Waals surface area (Å²) in [7, 11) is -3.93. The van der Waals surface area contributed by atoms with Gasteiger partial charge in [-0.1, -0.05) is 36.8 Å². The zero-order valence-electron chi connectivity index (χ0n) is 17.2. The minimum Gasteiger partial charge on any atom is -0.346 e. The van der Waals surface area contributed by atoms with E-state index in [9.17, 15) is 22.8 Å². The number of nitrogens with zero attached hydrogens (tertiary/aromatic N) is 1. The lowest BCUT2D eigenvalue weighted by molar-refractivity contribution is -0.127. The van der Waals surface area contributed by atoms with Gasteiger partial charge in [0.2, 0.25) is 21.8 Å². The Kier molecular flexibility index (Phi) is 7.19. The van der Waals surface area contributed by atoms with Gasteiger partial charge in [0, 0.05) is 17.8 Å². The van der Waals surface area contributed by atoms with Crippen LogP contribution in [0.4, 0.5) is 5.69 Å². The number of carbonyl (C=O) groups excluding carboxylic acids is 3. The second-order valence-corrected chi connectivity index (χ2v) is 9.23. The van der Waals surface area contributed by atoms with E-state index in [1.54, 1.807) is 24.3 Å². The third kappa shape index (κ3) is 5.56.